The van der Waals surface area contributed by atoms with Gasteiger partial charge in [-0.15, -0.1) is 0 Å². The van der Waals surface area contributed by atoms with E-state index in [2.05, 4.69) is 34.6 Å². The quantitative estimate of drug-likeness (QED) is 0.652. The molecule has 0 aromatic carbocycles. The smallest absolute Gasteiger partial charge is 0.309 e. The molecule has 14 heavy (non-hydrogen) atoms. The Kier molecular flexibility index (Phi) is 2.93. The number of esters is 1. The Hall–Kier alpha value is -0.530. The molecule has 1 unspecified atom stereocenters. The molecule has 0 N–H and O–H groups in total. The molecule has 1 saturated heterocycles. The number of hydrogen-bond donors (Lipinski definition) is 0. The minimum Gasteiger partial charge on any atom is -0.465 e. The lowest BCUT2D eigenvalue weighted by Crippen LogP contribution is -2.29. The molecule has 1 fully saturated rings. The Morgan fingerprint density at radius 2 is 2.07 bits per heavy atom. The lowest BCUT2D eigenvalue weighted by atomic mass is 9.71. The van der Waals surface area contributed by atoms with Crippen molar-refractivity contribution in [3.8, 4) is 0 Å². The lowest BCUT2D eigenvalue weighted by Gasteiger charge is -2.30. The van der Waals surface area contributed by atoms with Crippen molar-refractivity contribution in [3.63, 3.8) is 0 Å². The number of rotatable bonds is 3. The molecular formula is C12H22O2. The van der Waals surface area contributed by atoms with Crippen LogP contribution < -0.4 is 0 Å². The van der Waals surface area contributed by atoms with Crippen molar-refractivity contribution in [2.75, 3.05) is 6.61 Å². The van der Waals surface area contributed by atoms with Gasteiger partial charge in [-0.1, -0.05) is 41.0 Å². The summed E-state index contributed by atoms with van der Waals surface area (Å²) in [6, 6.07) is 0. The topological polar surface area (TPSA) is 26.3 Å². The second-order valence-electron chi connectivity index (χ2n) is 5.87. The summed E-state index contributed by atoms with van der Waals surface area (Å²) in [7, 11) is 0. The summed E-state index contributed by atoms with van der Waals surface area (Å²) >= 11 is 0. The highest BCUT2D eigenvalue weighted by Crippen LogP contribution is 2.42. The fourth-order valence-corrected chi connectivity index (χ4v) is 1.83. The minimum absolute atomic E-state index is 0.00322. The summed E-state index contributed by atoms with van der Waals surface area (Å²) in [5, 5.41) is 0. The van der Waals surface area contributed by atoms with Crippen molar-refractivity contribution in [1.82, 2.24) is 0 Å². The molecular weight excluding hydrogens is 176 g/mol. The standard InChI is InChI=1S/C12H22O2/c1-6-11(2,3)7-9-10(13)14-8-12(9,4)5/h9H,6-8H2,1-5H3. The predicted molar refractivity (Wildman–Crippen MR) is 56.9 cm³/mol. The van der Waals surface area contributed by atoms with Crippen molar-refractivity contribution < 1.29 is 9.53 Å². The van der Waals surface area contributed by atoms with E-state index in [1.54, 1.807) is 0 Å². The van der Waals surface area contributed by atoms with Gasteiger partial charge in [0, 0.05) is 5.41 Å². The highest BCUT2D eigenvalue weighted by molar-refractivity contribution is 5.75. The maximum absolute atomic E-state index is 11.6. The van der Waals surface area contributed by atoms with Crippen LogP contribution in [0, 0.1) is 16.7 Å². The monoisotopic (exact) mass is 198 g/mol. The molecule has 0 bridgehead atoms. The van der Waals surface area contributed by atoms with E-state index in [-0.39, 0.29) is 22.7 Å². The fourth-order valence-electron chi connectivity index (χ4n) is 1.83. The van der Waals surface area contributed by atoms with E-state index in [4.69, 9.17) is 4.74 Å². The summed E-state index contributed by atoms with van der Waals surface area (Å²) in [5.74, 6) is 0.0778. The van der Waals surface area contributed by atoms with Gasteiger partial charge in [-0.05, 0) is 11.8 Å². The third kappa shape index (κ3) is 2.28. The van der Waals surface area contributed by atoms with Crippen LogP contribution in [0.4, 0.5) is 0 Å². The van der Waals surface area contributed by atoms with Crippen LogP contribution in [0.3, 0.4) is 0 Å². The van der Waals surface area contributed by atoms with Crippen LogP contribution in [-0.2, 0) is 9.53 Å². The summed E-state index contributed by atoms with van der Waals surface area (Å²) < 4.78 is 5.13. The molecule has 1 aliphatic rings. The first-order valence-corrected chi connectivity index (χ1v) is 5.45. The zero-order chi connectivity index (χ0) is 11.0. The molecule has 1 aliphatic heterocycles. The largest absolute Gasteiger partial charge is 0.465 e. The Balaban J connectivity index is 2.72. The average molecular weight is 198 g/mol. The summed E-state index contributed by atoms with van der Waals surface area (Å²) in [6.45, 7) is 11.4. The number of cyclic esters (lactones) is 1. The van der Waals surface area contributed by atoms with Gasteiger partial charge in [-0.2, -0.15) is 0 Å². The first-order valence-electron chi connectivity index (χ1n) is 5.45. The first-order chi connectivity index (χ1) is 6.28. The van der Waals surface area contributed by atoms with Crippen molar-refractivity contribution in [3.05, 3.63) is 0 Å². The average Bonchev–Trinajstić information content (AvgIpc) is 2.32. The second kappa shape index (κ2) is 3.56. The molecule has 0 saturated carbocycles. The summed E-state index contributed by atoms with van der Waals surface area (Å²) in [6.07, 6.45) is 2.04. The van der Waals surface area contributed by atoms with Crippen LogP contribution in [0.2, 0.25) is 0 Å². The van der Waals surface area contributed by atoms with Gasteiger partial charge in [0.05, 0.1) is 12.5 Å². The van der Waals surface area contributed by atoms with Crippen molar-refractivity contribution in [2.24, 2.45) is 16.7 Å². The molecule has 0 spiro atoms. The molecule has 0 aromatic rings. The fraction of sp³-hybridized carbons (Fsp3) is 0.917. The van der Waals surface area contributed by atoms with Gasteiger partial charge in [-0.3, -0.25) is 4.79 Å². The Bertz CT molecular complexity index is 228. The van der Waals surface area contributed by atoms with E-state index < -0.39 is 0 Å². The third-order valence-corrected chi connectivity index (χ3v) is 3.53. The van der Waals surface area contributed by atoms with E-state index in [1.165, 1.54) is 0 Å². The van der Waals surface area contributed by atoms with E-state index >= 15 is 0 Å². The van der Waals surface area contributed by atoms with Gasteiger partial charge >= 0.3 is 5.97 Å². The SMILES string of the molecule is CCC(C)(C)CC1C(=O)OCC1(C)C. The van der Waals surface area contributed by atoms with Crippen LogP contribution in [0.1, 0.15) is 47.5 Å². The molecule has 2 heteroatoms. The van der Waals surface area contributed by atoms with Crippen molar-refractivity contribution in [1.29, 1.82) is 0 Å². The Morgan fingerprint density at radius 1 is 1.50 bits per heavy atom. The summed E-state index contributed by atoms with van der Waals surface area (Å²) in [5.41, 5.74) is 0.259. The Morgan fingerprint density at radius 3 is 2.43 bits per heavy atom. The number of hydrogen-bond acceptors (Lipinski definition) is 2. The lowest BCUT2D eigenvalue weighted by molar-refractivity contribution is -0.142. The first kappa shape index (κ1) is 11.5. The second-order valence-corrected chi connectivity index (χ2v) is 5.87. The number of carbonyl (C=O) groups is 1. The van der Waals surface area contributed by atoms with Crippen molar-refractivity contribution in [2.45, 2.75) is 47.5 Å². The number of carbonyl (C=O) groups excluding carboxylic acids is 1. The molecule has 0 amide bonds. The molecule has 2 nitrogen and oxygen atoms in total. The van der Waals surface area contributed by atoms with Gasteiger partial charge in [-0.25, -0.2) is 0 Å². The van der Waals surface area contributed by atoms with Crippen LogP contribution in [0.15, 0.2) is 0 Å². The summed E-state index contributed by atoms with van der Waals surface area (Å²) in [4.78, 5) is 11.6. The molecule has 82 valence electrons. The molecule has 1 heterocycles. The normalized spacial score (nSPS) is 26.4. The molecule has 0 radical (unpaired) electrons. The molecule has 1 rings (SSSR count). The van der Waals surface area contributed by atoms with Gasteiger partial charge in [0.15, 0.2) is 0 Å². The molecule has 0 aromatic heterocycles. The van der Waals surface area contributed by atoms with Gasteiger partial charge in [0.1, 0.15) is 0 Å². The van der Waals surface area contributed by atoms with E-state index in [1.807, 2.05) is 0 Å². The maximum atomic E-state index is 11.6. The van der Waals surface area contributed by atoms with E-state index in [9.17, 15) is 4.79 Å². The number of ether oxygens (including phenoxy) is 1. The van der Waals surface area contributed by atoms with Gasteiger partial charge in [0.2, 0.25) is 0 Å². The third-order valence-electron chi connectivity index (χ3n) is 3.53. The minimum atomic E-state index is -0.00322. The highest BCUT2D eigenvalue weighted by Gasteiger charge is 2.45. The van der Waals surface area contributed by atoms with E-state index in [0.29, 0.717) is 6.61 Å². The van der Waals surface area contributed by atoms with Crippen LogP contribution in [0.25, 0.3) is 0 Å². The van der Waals surface area contributed by atoms with E-state index in [0.717, 1.165) is 12.8 Å². The van der Waals surface area contributed by atoms with Crippen LogP contribution in [-0.4, -0.2) is 12.6 Å². The highest BCUT2D eigenvalue weighted by atomic mass is 16.5. The van der Waals surface area contributed by atoms with Crippen LogP contribution in [0.5, 0.6) is 0 Å². The zero-order valence-electron chi connectivity index (χ0n) is 10.0. The zero-order valence-corrected chi connectivity index (χ0v) is 10.0. The molecule has 0 aliphatic carbocycles. The Labute approximate surface area is 87.0 Å². The van der Waals surface area contributed by atoms with Gasteiger partial charge in [0.25, 0.3) is 0 Å². The maximum Gasteiger partial charge on any atom is 0.309 e. The van der Waals surface area contributed by atoms with Crippen molar-refractivity contribution >= 4 is 5.97 Å². The molecule has 1 atom stereocenters. The van der Waals surface area contributed by atoms with Gasteiger partial charge < -0.3 is 4.74 Å². The van der Waals surface area contributed by atoms with Crippen LogP contribution >= 0.6 is 0 Å². The predicted octanol–water partition coefficient (Wildman–Crippen LogP) is 3.01.